The molecule has 0 radical (unpaired) electrons. The number of thiazole rings is 1. The molecule has 0 aliphatic rings. The van der Waals surface area contributed by atoms with E-state index in [1.165, 1.54) is 35.2 Å². The number of thioether (sulfide) groups is 1. The first kappa shape index (κ1) is 17.7. The van der Waals surface area contributed by atoms with Crippen LogP contribution in [0.4, 0.5) is 11.4 Å². The number of nitro benzene ring substituents is 1. The maximum atomic E-state index is 12.1. The van der Waals surface area contributed by atoms with Gasteiger partial charge in [-0.05, 0) is 30.7 Å². The predicted molar refractivity (Wildman–Crippen MR) is 102 cm³/mol. The van der Waals surface area contributed by atoms with Crippen LogP contribution in [0.5, 0.6) is 0 Å². The number of nitrogens with one attached hydrogen (secondary N) is 1. The van der Waals surface area contributed by atoms with Gasteiger partial charge in [0.05, 0.1) is 31.6 Å². The highest BCUT2D eigenvalue weighted by Gasteiger charge is 2.12. The summed E-state index contributed by atoms with van der Waals surface area (Å²) < 4.78 is 1.40. The number of halogens is 1. The van der Waals surface area contributed by atoms with E-state index in [2.05, 4.69) is 10.3 Å². The van der Waals surface area contributed by atoms with Gasteiger partial charge in [0, 0.05) is 12.1 Å². The van der Waals surface area contributed by atoms with Crippen LogP contribution in [0, 0.1) is 17.0 Å². The predicted octanol–water partition coefficient (Wildman–Crippen LogP) is 4.90. The van der Waals surface area contributed by atoms with Gasteiger partial charge < -0.3 is 5.32 Å². The Balaban J connectivity index is 1.65. The molecule has 0 unspecified atom stereocenters. The summed E-state index contributed by atoms with van der Waals surface area (Å²) in [7, 11) is 0. The van der Waals surface area contributed by atoms with Gasteiger partial charge in [-0.2, -0.15) is 0 Å². The molecule has 2 aromatic carbocycles. The maximum Gasteiger partial charge on any atom is 0.270 e. The second-order valence-electron chi connectivity index (χ2n) is 5.21. The van der Waals surface area contributed by atoms with Gasteiger partial charge in [0.15, 0.2) is 4.34 Å². The summed E-state index contributed by atoms with van der Waals surface area (Å²) in [5.74, 6) is -0.0208. The number of benzene rings is 2. The fraction of sp³-hybridized carbons (Fsp3) is 0.125. The first-order valence-electron chi connectivity index (χ1n) is 7.16. The van der Waals surface area contributed by atoms with Gasteiger partial charge in [-0.1, -0.05) is 29.4 Å². The second kappa shape index (κ2) is 7.38. The maximum absolute atomic E-state index is 12.1. The molecule has 1 N–H and O–H groups in total. The summed E-state index contributed by atoms with van der Waals surface area (Å²) in [6.07, 6.45) is 0. The first-order chi connectivity index (χ1) is 11.9. The van der Waals surface area contributed by atoms with Crippen molar-refractivity contribution in [1.82, 2.24) is 4.98 Å². The number of rotatable bonds is 5. The molecule has 0 saturated carbocycles. The number of non-ortho nitro benzene ring substituents is 1. The Morgan fingerprint density at radius 2 is 2.16 bits per heavy atom. The SMILES string of the molecule is Cc1ccc(NC(=O)CSc2nc3ccc([N+](=O)[O-])cc3s2)c(Cl)c1. The lowest BCUT2D eigenvalue weighted by Gasteiger charge is -2.07. The van der Waals surface area contributed by atoms with Crippen molar-refractivity contribution < 1.29 is 9.72 Å². The van der Waals surface area contributed by atoms with Gasteiger partial charge in [-0.25, -0.2) is 4.98 Å². The van der Waals surface area contributed by atoms with Crippen LogP contribution in [0.25, 0.3) is 10.2 Å². The molecule has 0 aliphatic carbocycles. The number of nitro groups is 1. The Labute approximate surface area is 156 Å². The number of nitrogens with zero attached hydrogens (tertiary/aromatic N) is 2. The molecule has 1 heterocycles. The van der Waals surface area contributed by atoms with Crippen LogP contribution in [0.15, 0.2) is 40.7 Å². The zero-order valence-electron chi connectivity index (χ0n) is 13.0. The van der Waals surface area contributed by atoms with E-state index in [9.17, 15) is 14.9 Å². The van der Waals surface area contributed by atoms with Crippen molar-refractivity contribution >= 4 is 62.2 Å². The van der Waals surface area contributed by atoms with Crippen molar-refractivity contribution in [3.05, 3.63) is 57.1 Å². The fourth-order valence-corrected chi connectivity index (χ4v) is 4.29. The van der Waals surface area contributed by atoms with Crippen molar-refractivity contribution in [2.75, 3.05) is 11.1 Å². The van der Waals surface area contributed by atoms with E-state index in [1.807, 2.05) is 13.0 Å². The Morgan fingerprint density at radius 3 is 2.88 bits per heavy atom. The van der Waals surface area contributed by atoms with E-state index < -0.39 is 4.92 Å². The minimum Gasteiger partial charge on any atom is -0.324 e. The Morgan fingerprint density at radius 1 is 1.36 bits per heavy atom. The van der Waals surface area contributed by atoms with E-state index in [0.29, 0.717) is 20.6 Å². The molecule has 9 heteroatoms. The number of hydrogen-bond acceptors (Lipinski definition) is 6. The highest BCUT2D eigenvalue weighted by molar-refractivity contribution is 8.01. The van der Waals surface area contributed by atoms with Crippen molar-refractivity contribution in [2.24, 2.45) is 0 Å². The van der Waals surface area contributed by atoms with E-state index in [4.69, 9.17) is 11.6 Å². The van der Waals surface area contributed by atoms with Gasteiger partial charge in [0.1, 0.15) is 0 Å². The molecular weight excluding hydrogens is 382 g/mol. The molecule has 128 valence electrons. The topological polar surface area (TPSA) is 85.1 Å². The van der Waals surface area contributed by atoms with Crippen LogP contribution in [-0.2, 0) is 4.79 Å². The van der Waals surface area contributed by atoms with Crippen molar-refractivity contribution in [3.8, 4) is 0 Å². The molecule has 0 saturated heterocycles. The molecule has 3 rings (SSSR count). The lowest BCUT2D eigenvalue weighted by Crippen LogP contribution is -2.14. The normalized spacial score (nSPS) is 10.8. The van der Waals surface area contributed by atoms with Crippen LogP contribution in [-0.4, -0.2) is 21.6 Å². The van der Waals surface area contributed by atoms with Crippen LogP contribution in [0.1, 0.15) is 5.56 Å². The Hall–Kier alpha value is -2.16. The van der Waals surface area contributed by atoms with Gasteiger partial charge in [0.25, 0.3) is 5.69 Å². The van der Waals surface area contributed by atoms with Crippen molar-refractivity contribution in [2.45, 2.75) is 11.3 Å². The van der Waals surface area contributed by atoms with Crippen molar-refractivity contribution in [3.63, 3.8) is 0 Å². The van der Waals surface area contributed by atoms with Gasteiger partial charge >= 0.3 is 0 Å². The van der Waals surface area contributed by atoms with E-state index >= 15 is 0 Å². The summed E-state index contributed by atoms with van der Waals surface area (Å²) in [6.45, 7) is 1.92. The van der Waals surface area contributed by atoms with E-state index in [-0.39, 0.29) is 17.3 Å². The quantitative estimate of drug-likeness (QED) is 0.378. The standard InChI is InChI=1S/C16H12ClN3O3S2/c1-9-2-4-12(11(17)6-9)18-15(21)8-24-16-19-13-5-3-10(20(22)23)7-14(13)25-16/h2-7H,8H2,1H3,(H,18,21). The summed E-state index contributed by atoms with van der Waals surface area (Å²) in [6, 6.07) is 9.93. The molecule has 3 aromatic rings. The average Bonchev–Trinajstić information content (AvgIpc) is 2.97. The van der Waals surface area contributed by atoms with E-state index in [1.54, 1.807) is 18.2 Å². The van der Waals surface area contributed by atoms with Crippen LogP contribution >= 0.6 is 34.7 Å². The first-order valence-corrected chi connectivity index (χ1v) is 9.34. The van der Waals surface area contributed by atoms with Crippen LogP contribution < -0.4 is 5.32 Å². The number of aryl methyl sites for hydroxylation is 1. The third-order valence-electron chi connectivity index (χ3n) is 3.29. The number of aromatic nitrogens is 1. The monoisotopic (exact) mass is 393 g/mol. The Kier molecular flexibility index (Phi) is 5.22. The molecule has 0 aliphatic heterocycles. The Bertz CT molecular complexity index is 974. The van der Waals surface area contributed by atoms with Gasteiger partial charge in [-0.3, -0.25) is 14.9 Å². The molecule has 0 atom stereocenters. The summed E-state index contributed by atoms with van der Waals surface area (Å²) in [5.41, 5.74) is 2.29. The summed E-state index contributed by atoms with van der Waals surface area (Å²) >= 11 is 8.70. The third-order valence-corrected chi connectivity index (χ3v) is 5.76. The molecule has 0 spiro atoms. The highest BCUT2D eigenvalue weighted by atomic mass is 35.5. The lowest BCUT2D eigenvalue weighted by molar-refractivity contribution is -0.384. The second-order valence-corrected chi connectivity index (χ2v) is 7.87. The lowest BCUT2D eigenvalue weighted by atomic mass is 10.2. The molecule has 0 bridgehead atoms. The molecule has 6 nitrogen and oxygen atoms in total. The number of amides is 1. The smallest absolute Gasteiger partial charge is 0.270 e. The summed E-state index contributed by atoms with van der Waals surface area (Å²) in [5, 5.41) is 14.1. The molecular formula is C16H12ClN3O3S2. The van der Waals surface area contributed by atoms with Crippen molar-refractivity contribution in [1.29, 1.82) is 0 Å². The average molecular weight is 394 g/mol. The highest BCUT2D eigenvalue weighted by Crippen LogP contribution is 2.32. The van der Waals surface area contributed by atoms with Gasteiger partial charge in [-0.15, -0.1) is 11.3 Å². The van der Waals surface area contributed by atoms with Crippen LogP contribution in [0.2, 0.25) is 5.02 Å². The molecule has 1 aromatic heterocycles. The number of carbonyl (C=O) groups excluding carboxylic acids is 1. The van der Waals surface area contributed by atoms with Gasteiger partial charge in [0.2, 0.25) is 5.91 Å². The molecule has 0 fully saturated rings. The molecule has 25 heavy (non-hydrogen) atoms. The number of fused-ring (bicyclic) bond motifs is 1. The number of anilines is 1. The van der Waals surface area contributed by atoms with Crippen LogP contribution in [0.3, 0.4) is 0 Å². The zero-order valence-corrected chi connectivity index (χ0v) is 15.4. The third kappa shape index (κ3) is 4.28. The van der Waals surface area contributed by atoms with E-state index in [0.717, 1.165) is 10.3 Å². The minimum atomic E-state index is -0.440. The number of hydrogen-bond donors (Lipinski definition) is 1. The largest absolute Gasteiger partial charge is 0.324 e. The zero-order chi connectivity index (χ0) is 18.0. The number of carbonyl (C=O) groups is 1. The molecule has 1 amide bonds. The summed E-state index contributed by atoms with van der Waals surface area (Å²) in [4.78, 5) is 26.8. The minimum absolute atomic E-state index is 0.0273. The fourth-order valence-electron chi connectivity index (χ4n) is 2.10.